The van der Waals surface area contributed by atoms with Gasteiger partial charge in [-0.05, 0) is 62.1 Å². The fourth-order valence-electron chi connectivity index (χ4n) is 3.75. The van der Waals surface area contributed by atoms with Crippen LogP contribution < -0.4 is 5.32 Å². The Kier molecular flexibility index (Phi) is 3.88. The van der Waals surface area contributed by atoms with Crippen molar-refractivity contribution in [1.82, 2.24) is 5.32 Å². The third-order valence-electron chi connectivity index (χ3n) is 5.06. The molecule has 0 radical (unpaired) electrons. The first-order valence-corrected chi connectivity index (χ1v) is 7.74. The molecule has 19 heavy (non-hydrogen) atoms. The van der Waals surface area contributed by atoms with Crippen molar-refractivity contribution in [1.29, 1.82) is 0 Å². The molecular formula is C17H24FN. The highest BCUT2D eigenvalue weighted by Gasteiger charge is 2.32. The average Bonchev–Trinajstić information content (AvgIpc) is 2.86. The summed E-state index contributed by atoms with van der Waals surface area (Å²) < 4.78 is 13.2. The van der Waals surface area contributed by atoms with Crippen molar-refractivity contribution in [3.05, 3.63) is 35.6 Å². The summed E-state index contributed by atoms with van der Waals surface area (Å²) in [7, 11) is 0. The monoisotopic (exact) mass is 261 g/mol. The van der Waals surface area contributed by atoms with Gasteiger partial charge in [0.15, 0.2) is 0 Å². The molecule has 0 saturated heterocycles. The molecule has 0 bridgehead atoms. The Morgan fingerprint density at radius 1 is 1.21 bits per heavy atom. The highest BCUT2D eigenvalue weighted by atomic mass is 19.1. The first-order chi connectivity index (χ1) is 9.22. The molecule has 1 aromatic rings. The second kappa shape index (κ2) is 5.62. The van der Waals surface area contributed by atoms with Crippen molar-refractivity contribution >= 4 is 0 Å². The first kappa shape index (κ1) is 13.1. The van der Waals surface area contributed by atoms with Crippen LogP contribution in [0.3, 0.4) is 0 Å². The predicted molar refractivity (Wildman–Crippen MR) is 76.7 cm³/mol. The van der Waals surface area contributed by atoms with Crippen molar-refractivity contribution in [3.8, 4) is 0 Å². The molecule has 1 aromatic carbocycles. The Balaban J connectivity index is 1.47. The predicted octanol–water partition coefficient (Wildman–Crippen LogP) is 4.24. The maximum atomic E-state index is 13.2. The van der Waals surface area contributed by atoms with Gasteiger partial charge in [-0.3, -0.25) is 0 Å². The lowest BCUT2D eigenvalue weighted by Crippen LogP contribution is -2.46. The molecule has 1 nitrogen and oxygen atoms in total. The Hall–Kier alpha value is -0.890. The van der Waals surface area contributed by atoms with Crippen molar-refractivity contribution < 1.29 is 4.39 Å². The first-order valence-electron chi connectivity index (χ1n) is 7.74. The largest absolute Gasteiger partial charge is 0.311 e. The second-order valence-corrected chi connectivity index (χ2v) is 6.42. The molecule has 104 valence electrons. The smallest absolute Gasteiger partial charge is 0.123 e. The molecule has 2 saturated carbocycles. The molecule has 3 rings (SSSR count). The molecule has 2 aliphatic rings. The van der Waals surface area contributed by atoms with Crippen molar-refractivity contribution in [2.75, 3.05) is 0 Å². The van der Waals surface area contributed by atoms with Crippen LogP contribution >= 0.6 is 0 Å². The minimum Gasteiger partial charge on any atom is -0.311 e. The van der Waals surface area contributed by atoms with E-state index in [2.05, 4.69) is 18.3 Å². The zero-order valence-electron chi connectivity index (χ0n) is 11.7. The van der Waals surface area contributed by atoms with E-state index in [1.54, 1.807) is 6.07 Å². The van der Waals surface area contributed by atoms with Crippen LogP contribution in [0.2, 0.25) is 0 Å². The van der Waals surface area contributed by atoms with Crippen molar-refractivity contribution in [3.63, 3.8) is 0 Å². The normalized spacial score (nSPS) is 29.2. The molecule has 2 aliphatic carbocycles. The number of halogens is 1. The van der Waals surface area contributed by atoms with Crippen LogP contribution in [0.4, 0.5) is 4.39 Å². The van der Waals surface area contributed by atoms with Crippen molar-refractivity contribution in [2.45, 2.75) is 63.5 Å². The van der Waals surface area contributed by atoms with Gasteiger partial charge in [-0.25, -0.2) is 4.39 Å². The van der Waals surface area contributed by atoms with E-state index in [0.717, 1.165) is 5.92 Å². The van der Waals surface area contributed by atoms with Gasteiger partial charge in [0, 0.05) is 12.1 Å². The Morgan fingerprint density at radius 3 is 2.63 bits per heavy atom. The molecule has 2 fully saturated rings. The summed E-state index contributed by atoms with van der Waals surface area (Å²) in [5, 5.41) is 3.78. The molecule has 0 amide bonds. The van der Waals surface area contributed by atoms with Gasteiger partial charge in [-0.15, -0.1) is 0 Å². The molecule has 0 aliphatic heterocycles. The fraction of sp³-hybridized carbons (Fsp3) is 0.647. The van der Waals surface area contributed by atoms with Gasteiger partial charge in [0.05, 0.1) is 0 Å². The van der Waals surface area contributed by atoms with Gasteiger partial charge >= 0.3 is 0 Å². The Bertz CT molecular complexity index is 419. The minimum atomic E-state index is -0.103. The SMILES string of the molecule is CC(NC1CC(c2cccc(F)c2)C1)C1CCCC1. The van der Waals surface area contributed by atoms with Gasteiger partial charge in [-0.2, -0.15) is 0 Å². The van der Waals surface area contributed by atoms with Crippen LogP contribution in [-0.2, 0) is 0 Å². The number of hydrogen-bond donors (Lipinski definition) is 1. The molecule has 2 heteroatoms. The quantitative estimate of drug-likeness (QED) is 0.854. The number of rotatable bonds is 4. The summed E-state index contributed by atoms with van der Waals surface area (Å²) in [5.41, 5.74) is 1.17. The van der Waals surface area contributed by atoms with E-state index in [0.29, 0.717) is 18.0 Å². The van der Waals surface area contributed by atoms with Gasteiger partial charge in [0.2, 0.25) is 0 Å². The van der Waals surface area contributed by atoms with Crippen LogP contribution in [0.15, 0.2) is 24.3 Å². The van der Waals surface area contributed by atoms with E-state index in [1.165, 1.54) is 50.2 Å². The maximum absolute atomic E-state index is 13.2. The summed E-state index contributed by atoms with van der Waals surface area (Å²) in [6, 6.07) is 8.41. The summed E-state index contributed by atoms with van der Waals surface area (Å²) in [6.07, 6.45) is 7.95. The topological polar surface area (TPSA) is 12.0 Å². The summed E-state index contributed by atoms with van der Waals surface area (Å²) in [5.74, 6) is 1.34. The van der Waals surface area contributed by atoms with Crippen molar-refractivity contribution in [2.24, 2.45) is 5.92 Å². The van der Waals surface area contributed by atoms with E-state index in [4.69, 9.17) is 0 Å². The molecule has 0 heterocycles. The standard InChI is InChI=1S/C17H24FN/c1-12(13-5-2-3-6-13)19-17-10-15(11-17)14-7-4-8-16(18)9-14/h4,7-9,12-13,15,17,19H,2-3,5-6,10-11H2,1H3. The summed E-state index contributed by atoms with van der Waals surface area (Å²) >= 11 is 0. The van der Waals surface area contributed by atoms with E-state index >= 15 is 0 Å². The molecule has 0 aromatic heterocycles. The van der Waals surface area contributed by atoms with Crippen LogP contribution in [-0.4, -0.2) is 12.1 Å². The van der Waals surface area contributed by atoms with E-state index < -0.39 is 0 Å². The van der Waals surface area contributed by atoms with Crippen LogP contribution in [0.5, 0.6) is 0 Å². The summed E-state index contributed by atoms with van der Waals surface area (Å²) in [6.45, 7) is 2.34. The second-order valence-electron chi connectivity index (χ2n) is 6.42. The Labute approximate surface area is 115 Å². The molecule has 1 N–H and O–H groups in total. The third kappa shape index (κ3) is 3.00. The lowest BCUT2D eigenvalue weighted by atomic mass is 9.75. The minimum absolute atomic E-state index is 0.103. The van der Waals surface area contributed by atoms with Crippen LogP contribution in [0, 0.1) is 11.7 Å². The maximum Gasteiger partial charge on any atom is 0.123 e. The zero-order chi connectivity index (χ0) is 13.2. The third-order valence-corrected chi connectivity index (χ3v) is 5.06. The zero-order valence-corrected chi connectivity index (χ0v) is 11.7. The van der Waals surface area contributed by atoms with Crippen LogP contribution in [0.1, 0.15) is 56.9 Å². The number of nitrogens with one attached hydrogen (secondary N) is 1. The highest BCUT2D eigenvalue weighted by Crippen LogP contribution is 2.38. The van der Waals surface area contributed by atoms with Crippen LogP contribution in [0.25, 0.3) is 0 Å². The molecule has 0 spiro atoms. The highest BCUT2D eigenvalue weighted by molar-refractivity contribution is 5.23. The van der Waals surface area contributed by atoms with Gasteiger partial charge in [0.1, 0.15) is 5.82 Å². The van der Waals surface area contributed by atoms with Gasteiger partial charge in [-0.1, -0.05) is 25.0 Å². The lowest BCUT2D eigenvalue weighted by Gasteiger charge is -2.39. The Morgan fingerprint density at radius 2 is 1.95 bits per heavy atom. The summed E-state index contributed by atoms with van der Waals surface area (Å²) in [4.78, 5) is 0. The van der Waals surface area contributed by atoms with Gasteiger partial charge in [0.25, 0.3) is 0 Å². The van der Waals surface area contributed by atoms with E-state index in [-0.39, 0.29) is 5.82 Å². The number of hydrogen-bond acceptors (Lipinski definition) is 1. The molecule has 1 atom stereocenters. The fourth-order valence-corrected chi connectivity index (χ4v) is 3.75. The number of benzene rings is 1. The van der Waals surface area contributed by atoms with E-state index in [1.807, 2.05) is 6.07 Å². The molecule has 1 unspecified atom stereocenters. The molecular weight excluding hydrogens is 237 g/mol. The van der Waals surface area contributed by atoms with Gasteiger partial charge < -0.3 is 5.32 Å². The van der Waals surface area contributed by atoms with E-state index in [9.17, 15) is 4.39 Å². The average molecular weight is 261 g/mol. The lowest BCUT2D eigenvalue weighted by molar-refractivity contribution is 0.238.